The van der Waals surface area contributed by atoms with Gasteiger partial charge >= 0.3 is 0 Å². The van der Waals surface area contributed by atoms with Crippen molar-refractivity contribution in [2.45, 2.75) is 25.8 Å². The van der Waals surface area contributed by atoms with E-state index in [9.17, 15) is 4.79 Å². The lowest BCUT2D eigenvalue weighted by molar-refractivity contribution is -0.121. The van der Waals surface area contributed by atoms with Crippen LogP contribution in [0.1, 0.15) is 19.2 Å². The summed E-state index contributed by atoms with van der Waals surface area (Å²) >= 11 is 0. The number of hydrogen-bond donors (Lipinski definition) is 1. The van der Waals surface area contributed by atoms with E-state index in [4.69, 9.17) is 9.26 Å². The molecule has 0 radical (unpaired) electrons. The molecule has 0 saturated carbocycles. The standard InChI is InChI=1S/C17H23N5O3/c1-13(22-7-9-24-10-8-22)11-19-15(23)4-5-16-20-17(21-25-16)14-3-2-6-18-12-14/h2-3,6,12-13H,4-5,7-11H2,1H3,(H,19,23). The molecule has 25 heavy (non-hydrogen) atoms. The van der Waals surface area contributed by atoms with Gasteiger partial charge in [0.2, 0.25) is 17.6 Å². The van der Waals surface area contributed by atoms with Crippen LogP contribution in [-0.2, 0) is 16.0 Å². The molecule has 1 atom stereocenters. The number of aromatic nitrogens is 3. The number of aryl methyl sites for hydroxylation is 1. The van der Waals surface area contributed by atoms with Crippen molar-refractivity contribution >= 4 is 5.91 Å². The largest absolute Gasteiger partial charge is 0.379 e. The first kappa shape index (κ1) is 17.5. The van der Waals surface area contributed by atoms with Crippen LogP contribution >= 0.6 is 0 Å². The fourth-order valence-corrected chi connectivity index (χ4v) is 2.69. The van der Waals surface area contributed by atoms with Crippen molar-refractivity contribution in [2.24, 2.45) is 0 Å². The first-order chi connectivity index (χ1) is 12.2. The number of hydrogen-bond acceptors (Lipinski definition) is 7. The minimum absolute atomic E-state index is 0.0127. The molecule has 8 heteroatoms. The number of nitrogens with zero attached hydrogens (tertiary/aromatic N) is 4. The van der Waals surface area contributed by atoms with Gasteiger partial charge in [-0.1, -0.05) is 5.16 Å². The summed E-state index contributed by atoms with van der Waals surface area (Å²) in [7, 11) is 0. The van der Waals surface area contributed by atoms with Crippen molar-refractivity contribution in [1.82, 2.24) is 25.3 Å². The van der Waals surface area contributed by atoms with E-state index in [1.54, 1.807) is 12.4 Å². The van der Waals surface area contributed by atoms with Crippen LogP contribution in [0.4, 0.5) is 0 Å². The molecule has 3 rings (SSSR count). The number of carbonyl (C=O) groups is 1. The Balaban J connectivity index is 1.41. The molecule has 1 unspecified atom stereocenters. The molecule has 0 aliphatic carbocycles. The van der Waals surface area contributed by atoms with Gasteiger partial charge in [-0.2, -0.15) is 4.98 Å². The van der Waals surface area contributed by atoms with Crippen molar-refractivity contribution in [2.75, 3.05) is 32.8 Å². The van der Waals surface area contributed by atoms with Gasteiger partial charge in [0, 0.05) is 56.5 Å². The second kappa shape index (κ2) is 8.68. The van der Waals surface area contributed by atoms with Gasteiger partial charge in [0.15, 0.2) is 0 Å². The number of nitrogens with one attached hydrogen (secondary N) is 1. The van der Waals surface area contributed by atoms with Gasteiger partial charge in [-0.25, -0.2) is 0 Å². The fourth-order valence-electron chi connectivity index (χ4n) is 2.69. The Morgan fingerprint density at radius 2 is 2.24 bits per heavy atom. The van der Waals surface area contributed by atoms with Crippen molar-refractivity contribution in [3.8, 4) is 11.4 Å². The summed E-state index contributed by atoms with van der Waals surface area (Å²) in [5.41, 5.74) is 0.793. The van der Waals surface area contributed by atoms with E-state index in [1.165, 1.54) is 0 Å². The van der Waals surface area contributed by atoms with Gasteiger partial charge in [0.1, 0.15) is 0 Å². The Kier molecular flexibility index (Phi) is 6.08. The average Bonchev–Trinajstić information content (AvgIpc) is 3.15. The third-order valence-electron chi connectivity index (χ3n) is 4.22. The van der Waals surface area contributed by atoms with Crippen molar-refractivity contribution in [3.63, 3.8) is 0 Å². The molecule has 0 aromatic carbocycles. The first-order valence-electron chi connectivity index (χ1n) is 8.54. The van der Waals surface area contributed by atoms with E-state index < -0.39 is 0 Å². The zero-order valence-electron chi connectivity index (χ0n) is 14.4. The lowest BCUT2D eigenvalue weighted by Gasteiger charge is -2.32. The van der Waals surface area contributed by atoms with Gasteiger partial charge in [-0.05, 0) is 19.1 Å². The van der Waals surface area contributed by atoms with Gasteiger partial charge in [0.05, 0.1) is 13.2 Å². The Labute approximate surface area is 146 Å². The maximum Gasteiger partial charge on any atom is 0.227 e. The van der Waals surface area contributed by atoms with Crippen LogP contribution in [-0.4, -0.2) is 64.8 Å². The van der Waals surface area contributed by atoms with E-state index in [2.05, 4.69) is 32.3 Å². The molecule has 2 aromatic rings. The zero-order valence-corrected chi connectivity index (χ0v) is 14.4. The van der Waals surface area contributed by atoms with Crippen LogP contribution in [0, 0.1) is 0 Å². The van der Waals surface area contributed by atoms with Crippen LogP contribution in [0.15, 0.2) is 29.0 Å². The summed E-state index contributed by atoms with van der Waals surface area (Å²) in [6.45, 7) is 6.09. The lowest BCUT2D eigenvalue weighted by atomic mass is 10.2. The van der Waals surface area contributed by atoms with Crippen molar-refractivity contribution < 1.29 is 14.1 Å². The van der Waals surface area contributed by atoms with Crippen molar-refractivity contribution in [1.29, 1.82) is 0 Å². The molecule has 1 aliphatic rings. The number of carbonyl (C=O) groups excluding carboxylic acids is 1. The molecule has 0 spiro atoms. The molecule has 1 saturated heterocycles. The molecule has 8 nitrogen and oxygen atoms in total. The summed E-state index contributed by atoms with van der Waals surface area (Å²) in [5.74, 6) is 0.931. The van der Waals surface area contributed by atoms with E-state index in [0.717, 1.165) is 31.9 Å². The normalized spacial score (nSPS) is 16.5. The highest BCUT2D eigenvalue weighted by atomic mass is 16.5. The molecule has 3 heterocycles. The maximum absolute atomic E-state index is 12.0. The smallest absolute Gasteiger partial charge is 0.227 e. The minimum atomic E-state index is -0.0127. The predicted octanol–water partition coefficient (Wildman–Crippen LogP) is 0.901. The van der Waals surface area contributed by atoms with Gasteiger partial charge in [0.25, 0.3) is 0 Å². The average molecular weight is 345 g/mol. The van der Waals surface area contributed by atoms with E-state index in [0.29, 0.717) is 37.1 Å². The van der Waals surface area contributed by atoms with Crippen LogP contribution in [0.25, 0.3) is 11.4 Å². The second-order valence-corrected chi connectivity index (χ2v) is 6.05. The fraction of sp³-hybridized carbons (Fsp3) is 0.529. The number of rotatable bonds is 7. The Hall–Kier alpha value is -2.32. The van der Waals surface area contributed by atoms with E-state index >= 15 is 0 Å². The zero-order chi connectivity index (χ0) is 17.5. The van der Waals surface area contributed by atoms with Gasteiger partial charge < -0.3 is 14.6 Å². The summed E-state index contributed by atoms with van der Waals surface area (Å²) in [6.07, 6.45) is 4.11. The predicted molar refractivity (Wildman–Crippen MR) is 90.7 cm³/mol. The highest BCUT2D eigenvalue weighted by Gasteiger charge is 2.17. The molecular formula is C17H23N5O3. The second-order valence-electron chi connectivity index (χ2n) is 6.05. The summed E-state index contributed by atoms with van der Waals surface area (Å²) < 4.78 is 10.5. The van der Waals surface area contributed by atoms with E-state index in [-0.39, 0.29) is 5.91 Å². The maximum atomic E-state index is 12.0. The molecule has 0 bridgehead atoms. The quantitative estimate of drug-likeness (QED) is 0.797. The first-order valence-corrected chi connectivity index (χ1v) is 8.54. The Morgan fingerprint density at radius 1 is 1.40 bits per heavy atom. The molecule has 134 valence electrons. The van der Waals surface area contributed by atoms with Gasteiger partial charge in [-0.15, -0.1) is 0 Å². The molecule has 2 aromatic heterocycles. The summed E-state index contributed by atoms with van der Waals surface area (Å²) in [4.78, 5) is 22.7. The molecule has 1 fully saturated rings. The lowest BCUT2D eigenvalue weighted by Crippen LogP contribution is -2.47. The summed E-state index contributed by atoms with van der Waals surface area (Å²) in [5, 5.41) is 6.89. The van der Waals surface area contributed by atoms with E-state index in [1.807, 2.05) is 12.1 Å². The third kappa shape index (κ3) is 5.07. The Bertz CT molecular complexity index is 670. The third-order valence-corrected chi connectivity index (χ3v) is 4.22. The SMILES string of the molecule is CC(CNC(=O)CCc1nc(-c2cccnc2)no1)N1CCOCC1. The molecule has 1 amide bonds. The van der Waals surface area contributed by atoms with Crippen molar-refractivity contribution in [3.05, 3.63) is 30.4 Å². The number of morpholine rings is 1. The van der Waals surface area contributed by atoms with Crippen LogP contribution < -0.4 is 5.32 Å². The molecular weight excluding hydrogens is 322 g/mol. The summed E-state index contributed by atoms with van der Waals surface area (Å²) in [6, 6.07) is 3.98. The van der Waals surface area contributed by atoms with Gasteiger partial charge in [-0.3, -0.25) is 14.7 Å². The monoisotopic (exact) mass is 345 g/mol. The van der Waals surface area contributed by atoms with Crippen LogP contribution in [0.5, 0.6) is 0 Å². The Morgan fingerprint density at radius 3 is 3.00 bits per heavy atom. The van der Waals surface area contributed by atoms with Crippen LogP contribution in [0.3, 0.4) is 0 Å². The highest BCUT2D eigenvalue weighted by Crippen LogP contribution is 2.14. The number of ether oxygens (including phenoxy) is 1. The molecule has 1 aliphatic heterocycles. The number of pyridine rings is 1. The van der Waals surface area contributed by atoms with Crippen LogP contribution in [0.2, 0.25) is 0 Å². The topological polar surface area (TPSA) is 93.4 Å². The minimum Gasteiger partial charge on any atom is -0.379 e. The molecule has 1 N–H and O–H groups in total. The highest BCUT2D eigenvalue weighted by molar-refractivity contribution is 5.76. The number of amides is 1.